The monoisotopic (exact) mass is 345 g/mol. The highest BCUT2D eigenvalue weighted by Crippen LogP contribution is 2.31. The normalized spacial score (nSPS) is 21.4. The summed E-state index contributed by atoms with van der Waals surface area (Å²) >= 11 is 0. The molecule has 6 heteroatoms. The first-order chi connectivity index (χ1) is 12.2. The SMILES string of the molecule is COc1ccccc1N1CCC(NC(=O)CCC2CCNCC2)C1=O. The van der Waals surface area contributed by atoms with Crippen molar-refractivity contribution < 1.29 is 14.3 Å². The van der Waals surface area contributed by atoms with Crippen molar-refractivity contribution in [3.05, 3.63) is 24.3 Å². The summed E-state index contributed by atoms with van der Waals surface area (Å²) in [7, 11) is 1.60. The lowest BCUT2D eigenvalue weighted by atomic mass is 9.93. The van der Waals surface area contributed by atoms with Crippen LogP contribution in [0.4, 0.5) is 5.69 Å². The lowest BCUT2D eigenvalue weighted by Gasteiger charge is -2.22. The van der Waals surface area contributed by atoms with Crippen molar-refractivity contribution in [3.8, 4) is 5.75 Å². The number of benzene rings is 1. The lowest BCUT2D eigenvalue weighted by Crippen LogP contribution is -2.41. The molecule has 3 rings (SSSR count). The summed E-state index contributed by atoms with van der Waals surface area (Å²) in [6.07, 6.45) is 4.32. The molecule has 2 aliphatic rings. The van der Waals surface area contributed by atoms with E-state index in [0.717, 1.165) is 38.0 Å². The minimum absolute atomic E-state index is 0.0150. The number of hydrogen-bond acceptors (Lipinski definition) is 4. The Kier molecular flexibility index (Phi) is 5.91. The van der Waals surface area contributed by atoms with Crippen LogP contribution in [0.15, 0.2) is 24.3 Å². The van der Waals surface area contributed by atoms with Gasteiger partial charge in [0, 0.05) is 13.0 Å². The maximum Gasteiger partial charge on any atom is 0.249 e. The van der Waals surface area contributed by atoms with Crippen molar-refractivity contribution >= 4 is 17.5 Å². The fourth-order valence-corrected chi connectivity index (χ4v) is 3.68. The molecule has 1 unspecified atom stereocenters. The number of hydrogen-bond donors (Lipinski definition) is 2. The predicted molar refractivity (Wildman–Crippen MR) is 96.7 cm³/mol. The van der Waals surface area contributed by atoms with E-state index in [1.54, 1.807) is 12.0 Å². The molecule has 0 spiro atoms. The minimum Gasteiger partial charge on any atom is -0.495 e. The molecule has 1 aromatic rings. The molecule has 136 valence electrons. The van der Waals surface area contributed by atoms with Crippen LogP contribution < -0.4 is 20.3 Å². The van der Waals surface area contributed by atoms with Gasteiger partial charge in [-0.3, -0.25) is 9.59 Å². The number of rotatable bonds is 6. The Morgan fingerprint density at radius 2 is 2.04 bits per heavy atom. The van der Waals surface area contributed by atoms with E-state index in [1.807, 2.05) is 24.3 Å². The molecular formula is C19H27N3O3. The number of piperidine rings is 1. The van der Waals surface area contributed by atoms with E-state index in [2.05, 4.69) is 10.6 Å². The first kappa shape index (κ1) is 17.7. The van der Waals surface area contributed by atoms with E-state index in [-0.39, 0.29) is 11.8 Å². The van der Waals surface area contributed by atoms with E-state index in [0.29, 0.717) is 31.1 Å². The zero-order valence-electron chi connectivity index (χ0n) is 14.8. The van der Waals surface area contributed by atoms with Crippen molar-refractivity contribution in [1.82, 2.24) is 10.6 Å². The van der Waals surface area contributed by atoms with Crippen LogP contribution in [0.2, 0.25) is 0 Å². The number of methoxy groups -OCH3 is 1. The molecule has 0 bridgehead atoms. The quantitative estimate of drug-likeness (QED) is 0.823. The minimum atomic E-state index is -0.426. The van der Waals surface area contributed by atoms with Gasteiger partial charge in [-0.2, -0.15) is 0 Å². The third-order valence-corrected chi connectivity index (χ3v) is 5.16. The predicted octanol–water partition coefficient (Wildman–Crippen LogP) is 1.70. The van der Waals surface area contributed by atoms with Gasteiger partial charge < -0.3 is 20.3 Å². The summed E-state index contributed by atoms with van der Waals surface area (Å²) in [4.78, 5) is 26.6. The highest BCUT2D eigenvalue weighted by atomic mass is 16.5. The second-order valence-electron chi connectivity index (χ2n) is 6.80. The Morgan fingerprint density at radius 1 is 1.28 bits per heavy atom. The summed E-state index contributed by atoms with van der Waals surface area (Å²) in [6, 6.07) is 7.05. The summed E-state index contributed by atoms with van der Waals surface area (Å²) < 4.78 is 5.34. The number of nitrogens with zero attached hydrogens (tertiary/aromatic N) is 1. The fourth-order valence-electron chi connectivity index (χ4n) is 3.68. The van der Waals surface area contributed by atoms with Crippen LogP contribution in [0.25, 0.3) is 0 Å². The number of ether oxygens (including phenoxy) is 1. The highest BCUT2D eigenvalue weighted by Gasteiger charge is 2.34. The molecule has 1 aromatic carbocycles. The van der Waals surface area contributed by atoms with Gasteiger partial charge in [0.2, 0.25) is 11.8 Å². The number of anilines is 1. The van der Waals surface area contributed by atoms with E-state index in [9.17, 15) is 9.59 Å². The van der Waals surface area contributed by atoms with Gasteiger partial charge in [-0.05, 0) is 56.8 Å². The van der Waals surface area contributed by atoms with Crippen molar-refractivity contribution in [2.45, 2.75) is 38.1 Å². The van der Waals surface area contributed by atoms with Gasteiger partial charge in [-0.1, -0.05) is 12.1 Å². The Bertz CT molecular complexity index is 614. The molecular weight excluding hydrogens is 318 g/mol. The zero-order valence-corrected chi connectivity index (χ0v) is 14.8. The zero-order chi connectivity index (χ0) is 17.6. The van der Waals surface area contributed by atoms with Gasteiger partial charge in [0.05, 0.1) is 12.8 Å². The topological polar surface area (TPSA) is 70.7 Å². The molecule has 2 saturated heterocycles. The summed E-state index contributed by atoms with van der Waals surface area (Å²) in [5.41, 5.74) is 0.765. The maximum atomic E-state index is 12.7. The second-order valence-corrected chi connectivity index (χ2v) is 6.80. The van der Waals surface area contributed by atoms with Crippen LogP contribution in [0.5, 0.6) is 5.75 Å². The van der Waals surface area contributed by atoms with E-state index in [4.69, 9.17) is 4.74 Å². The smallest absolute Gasteiger partial charge is 0.249 e. The van der Waals surface area contributed by atoms with Crippen LogP contribution in [0, 0.1) is 5.92 Å². The fraction of sp³-hybridized carbons (Fsp3) is 0.579. The number of amides is 2. The van der Waals surface area contributed by atoms with Crippen molar-refractivity contribution in [2.24, 2.45) is 5.92 Å². The molecule has 2 N–H and O–H groups in total. The number of nitrogens with one attached hydrogen (secondary N) is 2. The molecule has 1 atom stereocenters. The Labute approximate surface area is 148 Å². The van der Waals surface area contributed by atoms with Crippen LogP contribution >= 0.6 is 0 Å². The molecule has 0 aliphatic carbocycles. The van der Waals surface area contributed by atoms with Crippen LogP contribution in [0.3, 0.4) is 0 Å². The van der Waals surface area contributed by atoms with E-state index in [1.165, 1.54) is 0 Å². The third-order valence-electron chi connectivity index (χ3n) is 5.16. The van der Waals surface area contributed by atoms with Gasteiger partial charge in [0.1, 0.15) is 11.8 Å². The standard InChI is InChI=1S/C19H27N3O3/c1-25-17-5-3-2-4-16(17)22-13-10-15(19(22)24)21-18(23)7-6-14-8-11-20-12-9-14/h2-5,14-15,20H,6-13H2,1H3,(H,21,23). The number of para-hydroxylation sites is 2. The average molecular weight is 345 g/mol. The van der Waals surface area contributed by atoms with Crippen LogP contribution in [0.1, 0.15) is 32.1 Å². The van der Waals surface area contributed by atoms with E-state index >= 15 is 0 Å². The molecule has 0 radical (unpaired) electrons. The Morgan fingerprint density at radius 3 is 2.80 bits per heavy atom. The first-order valence-corrected chi connectivity index (χ1v) is 9.13. The summed E-state index contributed by atoms with van der Waals surface area (Å²) in [6.45, 7) is 2.68. The van der Waals surface area contributed by atoms with Gasteiger partial charge in [0.25, 0.3) is 0 Å². The molecule has 0 saturated carbocycles. The van der Waals surface area contributed by atoms with Gasteiger partial charge >= 0.3 is 0 Å². The van der Waals surface area contributed by atoms with Gasteiger partial charge in [0.15, 0.2) is 0 Å². The second kappa shape index (κ2) is 8.34. The molecule has 2 amide bonds. The molecule has 0 aromatic heterocycles. The van der Waals surface area contributed by atoms with Gasteiger partial charge in [-0.25, -0.2) is 0 Å². The highest BCUT2D eigenvalue weighted by molar-refractivity contribution is 6.02. The average Bonchev–Trinajstić information content (AvgIpc) is 3.01. The molecule has 25 heavy (non-hydrogen) atoms. The largest absolute Gasteiger partial charge is 0.495 e. The van der Waals surface area contributed by atoms with Crippen molar-refractivity contribution in [3.63, 3.8) is 0 Å². The molecule has 6 nitrogen and oxygen atoms in total. The van der Waals surface area contributed by atoms with Crippen LogP contribution in [-0.4, -0.2) is 44.6 Å². The van der Waals surface area contributed by atoms with Crippen LogP contribution in [-0.2, 0) is 9.59 Å². The molecule has 2 aliphatic heterocycles. The number of carbonyl (C=O) groups excluding carboxylic acids is 2. The van der Waals surface area contributed by atoms with Crippen molar-refractivity contribution in [1.29, 1.82) is 0 Å². The number of carbonyl (C=O) groups is 2. The maximum absolute atomic E-state index is 12.7. The first-order valence-electron chi connectivity index (χ1n) is 9.13. The summed E-state index contributed by atoms with van der Waals surface area (Å²) in [5, 5.41) is 6.25. The Balaban J connectivity index is 1.52. The van der Waals surface area contributed by atoms with Gasteiger partial charge in [-0.15, -0.1) is 0 Å². The van der Waals surface area contributed by atoms with E-state index < -0.39 is 6.04 Å². The molecule has 2 heterocycles. The Hall–Kier alpha value is -2.08. The summed E-state index contributed by atoms with van der Waals surface area (Å²) in [5.74, 6) is 1.23. The lowest BCUT2D eigenvalue weighted by molar-refractivity contribution is -0.126. The molecule has 2 fully saturated rings. The van der Waals surface area contributed by atoms with Crippen molar-refractivity contribution in [2.75, 3.05) is 31.6 Å². The third kappa shape index (κ3) is 4.31.